The van der Waals surface area contributed by atoms with Crippen LogP contribution >= 0.6 is 0 Å². The van der Waals surface area contributed by atoms with Crippen LogP contribution < -0.4 is 4.90 Å². The molecule has 31 heavy (non-hydrogen) atoms. The fraction of sp³-hybridized carbons (Fsp3) is 0.138. The number of benzene rings is 4. The molecule has 4 aromatic carbocycles. The van der Waals surface area contributed by atoms with Crippen LogP contribution in [0.15, 0.2) is 115 Å². The summed E-state index contributed by atoms with van der Waals surface area (Å²) in [5, 5.41) is 0. The number of carbonyl (C=O) groups is 1. The third-order valence-electron chi connectivity index (χ3n) is 6.25. The van der Waals surface area contributed by atoms with Crippen molar-refractivity contribution in [2.75, 3.05) is 4.90 Å². The quantitative estimate of drug-likeness (QED) is 0.389. The van der Waals surface area contributed by atoms with Crippen molar-refractivity contribution in [1.82, 2.24) is 0 Å². The topological polar surface area (TPSA) is 20.3 Å². The molecule has 1 amide bonds. The number of hydrogen-bond acceptors (Lipinski definition) is 1. The minimum atomic E-state index is -0.617. The highest BCUT2D eigenvalue weighted by molar-refractivity contribution is 6.08. The zero-order valence-corrected chi connectivity index (χ0v) is 17.4. The van der Waals surface area contributed by atoms with E-state index in [2.05, 4.69) is 78.9 Å². The summed E-state index contributed by atoms with van der Waals surface area (Å²) in [6.07, 6.45) is 1.37. The number of para-hydroxylation sites is 1. The van der Waals surface area contributed by atoms with Crippen LogP contribution in [0.3, 0.4) is 0 Å². The summed E-state index contributed by atoms with van der Waals surface area (Å²) in [7, 11) is 0. The first-order valence-corrected chi connectivity index (χ1v) is 10.8. The predicted molar refractivity (Wildman–Crippen MR) is 126 cm³/mol. The summed E-state index contributed by atoms with van der Waals surface area (Å²) in [6, 6.07) is 39.4. The van der Waals surface area contributed by atoms with E-state index in [1.54, 1.807) is 0 Å². The minimum Gasteiger partial charge on any atom is -0.307 e. The molecule has 2 nitrogen and oxygen atoms in total. The lowest BCUT2D eigenvalue weighted by molar-refractivity contribution is -0.123. The summed E-state index contributed by atoms with van der Waals surface area (Å²) < 4.78 is 0. The first-order chi connectivity index (χ1) is 15.3. The van der Waals surface area contributed by atoms with Gasteiger partial charge in [-0.05, 0) is 41.2 Å². The zero-order chi connectivity index (χ0) is 21.1. The van der Waals surface area contributed by atoms with Crippen LogP contribution in [0.4, 0.5) is 5.69 Å². The third-order valence-corrected chi connectivity index (χ3v) is 6.25. The molecule has 1 aliphatic rings. The largest absolute Gasteiger partial charge is 0.307 e. The van der Waals surface area contributed by atoms with Crippen molar-refractivity contribution >= 4 is 11.6 Å². The fourth-order valence-corrected chi connectivity index (χ4v) is 4.81. The van der Waals surface area contributed by atoms with Crippen molar-refractivity contribution in [3.63, 3.8) is 0 Å². The van der Waals surface area contributed by atoms with Gasteiger partial charge in [0, 0.05) is 5.69 Å². The highest BCUT2D eigenvalue weighted by Gasteiger charge is 2.50. The van der Waals surface area contributed by atoms with Crippen LogP contribution in [-0.2, 0) is 29.6 Å². The highest BCUT2D eigenvalue weighted by atomic mass is 16.2. The van der Waals surface area contributed by atoms with Gasteiger partial charge in [0.25, 0.3) is 0 Å². The zero-order valence-electron chi connectivity index (χ0n) is 17.4. The monoisotopic (exact) mass is 403 g/mol. The molecule has 152 valence electrons. The second-order valence-corrected chi connectivity index (χ2v) is 8.30. The summed E-state index contributed by atoms with van der Waals surface area (Å²) in [4.78, 5) is 16.2. The molecule has 0 spiro atoms. The Kier molecular flexibility index (Phi) is 5.13. The Bertz CT molecular complexity index is 1130. The van der Waals surface area contributed by atoms with Crippen LogP contribution in [0.25, 0.3) is 0 Å². The van der Waals surface area contributed by atoms with Gasteiger partial charge in [0.05, 0.1) is 12.0 Å². The second-order valence-electron chi connectivity index (χ2n) is 8.30. The standard InChI is InChI=1S/C29H25NO/c31-28-29(20-23-12-4-1-5-13-23,21-24-14-6-2-7-15-24)26-18-10-11-19-27(26)30(28)22-25-16-8-3-9-17-25/h1-19H,20-22H2. The van der Waals surface area contributed by atoms with E-state index in [1.165, 1.54) is 11.1 Å². The average Bonchev–Trinajstić information content (AvgIpc) is 3.04. The Labute approximate surface area is 183 Å². The van der Waals surface area contributed by atoms with Gasteiger partial charge in [-0.2, -0.15) is 0 Å². The molecule has 1 aliphatic heterocycles. The van der Waals surface area contributed by atoms with E-state index in [1.807, 2.05) is 41.3 Å². The van der Waals surface area contributed by atoms with Gasteiger partial charge in [0.15, 0.2) is 0 Å². The van der Waals surface area contributed by atoms with Crippen LogP contribution in [-0.4, -0.2) is 5.91 Å². The Hall–Kier alpha value is -3.65. The Morgan fingerprint density at radius 3 is 1.55 bits per heavy atom. The number of hydrogen-bond donors (Lipinski definition) is 0. The summed E-state index contributed by atoms with van der Waals surface area (Å²) in [5.41, 5.74) is 5.05. The normalized spacial score (nSPS) is 14.5. The molecule has 0 saturated heterocycles. The first kappa shape index (κ1) is 19.3. The molecule has 0 aliphatic carbocycles. The van der Waals surface area contributed by atoms with E-state index in [-0.39, 0.29) is 5.91 Å². The van der Waals surface area contributed by atoms with E-state index in [0.29, 0.717) is 19.4 Å². The number of amides is 1. The smallest absolute Gasteiger partial charge is 0.238 e. The third kappa shape index (κ3) is 3.66. The molecule has 4 aromatic rings. The maximum Gasteiger partial charge on any atom is 0.238 e. The maximum absolute atomic E-state index is 14.2. The van der Waals surface area contributed by atoms with Gasteiger partial charge in [-0.3, -0.25) is 4.79 Å². The molecule has 0 N–H and O–H groups in total. The molecular formula is C29H25NO. The lowest BCUT2D eigenvalue weighted by atomic mass is 9.72. The number of rotatable bonds is 6. The molecule has 1 heterocycles. The second kappa shape index (κ2) is 8.23. The van der Waals surface area contributed by atoms with Gasteiger partial charge in [0.1, 0.15) is 0 Å². The minimum absolute atomic E-state index is 0.185. The van der Waals surface area contributed by atoms with E-state index in [9.17, 15) is 4.79 Å². The molecule has 0 aromatic heterocycles. The fourth-order valence-electron chi connectivity index (χ4n) is 4.81. The van der Waals surface area contributed by atoms with Crippen molar-refractivity contribution in [2.45, 2.75) is 24.8 Å². The lowest BCUT2D eigenvalue weighted by Gasteiger charge is -2.29. The van der Waals surface area contributed by atoms with Crippen molar-refractivity contribution in [3.8, 4) is 0 Å². The molecule has 0 atom stereocenters. The summed E-state index contributed by atoms with van der Waals surface area (Å²) >= 11 is 0. The molecule has 0 radical (unpaired) electrons. The maximum atomic E-state index is 14.2. The van der Waals surface area contributed by atoms with Crippen molar-refractivity contribution in [2.24, 2.45) is 0 Å². The van der Waals surface area contributed by atoms with Crippen molar-refractivity contribution in [1.29, 1.82) is 0 Å². The van der Waals surface area contributed by atoms with E-state index < -0.39 is 5.41 Å². The number of anilines is 1. The van der Waals surface area contributed by atoms with E-state index >= 15 is 0 Å². The summed E-state index contributed by atoms with van der Waals surface area (Å²) in [5.74, 6) is 0.185. The summed E-state index contributed by atoms with van der Waals surface area (Å²) in [6.45, 7) is 0.585. The predicted octanol–water partition coefficient (Wildman–Crippen LogP) is 5.96. The SMILES string of the molecule is O=C1N(Cc2ccccc2)c2ccccc2C1(Cc1ccccc1)Cc1ccccc1. The Balaban J connectivity index is 1.63. The number of carbonyl (C=O) groups excluding carboxylic acids is 1. The number of fused-ring (bicyclic) bond motifs is 1. The molecule has 0 bridgehead atoms. The lowest BCUT2D eigenvalue weighted by Crippen LogP contribution is -2.43. The van der Waals surface area contributed by atoms with Crippen LogP contribution in [0.5, 0.6) is 0 Å². The highest BCUT2D eigenvalue weighted by Crippen LogP contribution is 2.46. The molecule has 0 fully saturated rings. The van der Waals surface area contributed by atoms with E-state index in [4.69, 9.17) is 0 Å². The van der Waals surface area contributed by atoms with Gasteiger partial charge in [-0.25, -0.2) is 0 Å². The van der Waals surface area contributed by atoms with Crippen molar-refractivity contribution in [3.05, 3.63) is 138 Å². The molecule has 2 heteroatoms. The van der Waals surface area contributed by atoms with Crippen LogP contribution in [0, 0.1) is 0 Å². The van der Waals surface area contributed by atoms with Crippen LogP contribution in [0.2, 0.25) is 0 Å². The van der Waals surface area contributed by atoms with Gasteiger partial charge < -0.3 is 4.90 Å². The Morgan fingerprint density at radius 1 is 0.548 bits per heavy atom. The molecule has 0 unspecified atom stereocenters. The van der Waals surface area contributed by atoms with Crippen LogP contribution in [0.1, 0.15) is 22.3 Å². The first-order valence-electron chi connectivity index (χ1n) is 10.8. The number of nitrogens with zero attached hydrogens (tertiary/aromatic N) is 1. The molecule has 5 rings (SSSR count). The van der Waals surface area contributed by atoms with Gasteiger partial charge in [0.2, 0.25) is 5.91 Å². The van der Waals surface area contributed by atoms with E-state index in [0.717, 1.165) is 16.8 Å². The molecule has 0 saturated carbocycles. The van der Waals surface area contributed by atoms with Gasteiger partial charge >= 0.3 is 0 Å². The average molecular weight is 404 g/mol. The molecular weight excluding hydrogens is 378 g/mol. The van der Waals surface area contributed by atoms with Gasteiger partial charge in [-0.1, -0.05) is 109 Å². The Morgan fingerprint density at radius 2 is 1.00 bits per heavy atom. The van der Waals surface area contributed by atoms with Gasteiger partial charge in [-0.15, -0.1) is 0 Å². The van der Waals surface area contributed by atoms with Crippen molar-refractivity contribution < 1.29 is 4.79 Å².